The first-order valence-corrected chi connectivity index (χ1v) is 6.55. The molecule has 0 aromatic heterocycles. The van der Waals surface area contributed by atoms with E-state index in [-0.39, 0.29) is 5.54 Å². The fourth-order valence-corrected chi connectivity index (χ4v) is 3.06. The van der Waals surface area contributed by atoms with E-state index >= 15 is 0 Å². The van der Waals surface area contributed by atoms with Crippen LogP contribution < -0.4 is 5.32 Å². The third kappa shape index (κ3) is 4.84. The van der Waals surface area contributed by atoms with Crippen molar-refractivity contribution in [2.45, 2.75) is 66.0 Å². The second-order valence-corrected chi connectivity index (χ2v) is 7.18. The molecular formula is C14H29NO. The zero-order valence-electron chi connectivity index (χ0n) is 11.9. The summed E-state index contributed by atoms with van der Waals surface area (Å²) < 4.78 is 5.45. The van der Waals surface area contributed by atoms with E-state index in [2.05, 4.69) is 46.9 Å². The number of nitrogens with one attached hydrogen (secondary N) is 1. The highest BCUT2D eigenvalue weighted by molar-refractivity contribution is 4.88. The number of hydrogen-bond donors (Lipinski definition) is 1. The van der Waals surface area contributed by atoms with E-state index in [4.69, 9.17) is 4.74 Å². The van der Waals surface area contributed by atoms with Crippen molar-refractivity contribution in [3.8, 4) is 0 Å². The summed E-state index contributed by atoms with van der Waals surface area (Å²) in [7, 11) is 0. The maximum absolute atomic E-state index is 5.45. The minimum atomic E-state index is 0.209. The normalized spacial score (nSPS) is 24.8. The lowest BCUT2D eigenvalue weighted by Crippen LogP contribution is -2.49. The highest BCUT2D eigenvalue weighted by Crippen LogP contribution is 2.28. The summed E-state index contributed by atoms with van der Waals surface area (Å²) in [6.07, 6.45) is 2.40. The summed E-state index contributed by atoms with van der Waals surface area (Å²) in [5.41, 5.74) is 0.586. The van der Waals surface area contributed by atoms with Crippen LogP contribution in [0.5, 0.6) is 0 Å². The molecule has 1 heterocycles. The molecule has 1 aliphatic rings. The van der Waals surface area contributed by atoms with E-state index in [1.807, 2.05) is 0 Å². The SMILES string of the molecule is CC(NC(C)(C)CC(C)(C)C)C1CCOC1. The van der Waals surface area contributed by atoms with Gasteiger partial charge in [0.1, 0.15) is 0 Å². The van der Waals surface area contributed by atoms with E-state index in [1.54, 1.807) is 0 Å². The second kappa shape index (κ2) is 5.05. The van der Waals surface area contributed by atoms with Crippen LogP contribution in [0.3, 0.4) is 0 Å². The fourth-order valence-electron chi connectivity index (χ4n) is 3.06. The molecular weight excluding hydrogens is 198 g/mol. The molecule has 1 fully saturated rings. The molecule has 2 unspecified atom stereocenters. The van der Waals surface area contributed by atoms with Crippen LogP contribution in [0.2, 0.25) is 0 Å². The van der Waals surface area contributed by atoms with Gasteiger partial charge in [-0.3, -0.25) is 0 Å². The smallest absolute Gasteiger partial charge is 0.0509 e. The predicted octanol–water partition coefficient (Wildman–Crippen LogP) is 3.22. The van der Waals surface area contributed by atoms with Crippen molar-refractivity contribution in [1.29, 1.82) is 0 Å². The Morgan fingerprint density at radius 1 is 1.25 bits per heavy atom. The Labute approximate surface area is 101 Å². The molecule has 2 nitrogen and oxygen atoms in total. The Morgan fingerprint density at radius 3 is 2.31 bits per heavy atom. The molecule has 16 heavy (non-hydrogen) atoms. The minimum absolute atomic E-state index is 0.209. The van der Waals surface area contributed by atoms with Crippen molar-refractivity contribution in [3.63, 3.8) is 0 Å². The quantitative estimate of drug-likeness (QED) is 0.796. The molecule has 2 heteroatoms. The van der Waals surface area contributed by atoms with Crippen LogP contribution in [0.25, 0.3) is 0 Å². The molecule has 1 saturated heterocycles. The molecule has 1 aliphatic heterocycles. The first-order chi connectivity index (χ1) is 7.20. The molecule has 0 aromatic rings. The zero-order valence-corrected chi connectivity index (χ0v) is 11.9. The van der Waals surface area contributed by atoms with Gasteiger partial charge in [0.15, 0.2) is 0 Å². The molecule has 96 valence electrons. The van der Waals surface area contributed by atoms with Gasteiger partial charge in [0.25, 0.3) is 0 Å². The van der Waals surface area contributed by atoms with E-state index < -0.39 is 0 Å². The van der Waals surface area contributed by atoms with E-state index in [1.165, 1.54) is 12.8 Å². The average Bonchev–Trinajstić information content (AvgIpc) is 2.48. The first-order valence-electron chi connectivity index (χ1n) is 6.55. The van der Waals surface area contributed by atoms with Crippen molar-refractivity contribution < 1.29 is 4.74 Å². The lowest BCUT2D eigenvalue weighted by Gasteiger charge is -2.37. The molecule has 1 N–H and O–H groups in total. The maximum Gasteiger partial charge on any atom is 0.0509 e. The molecule has 0 radical (unpaired) electrons. The van der Waals surface area contributed by atoms with Gasteiger partial charge in [-0.05, 0) is 44.9 Å². The fraction of sp³-hybridized carbons (Fsp3) is 1.00. The van der Waals surface area contributed by atoms with Crippen LogP contribution in [0.15, 0.2) is 0 Å². The summed E-state index contributed by atoms with van der Waals surface area (Å²) in [6, 6.07) is 0.555. The number of hydrogen-bond acceptors (Lipinski definition) is 2. The van der Waals surface area contributed by atoms with Crippen LogP contribution >= 0.6 is 0 Å². The molecule has 0 aliphatic carbocycles. The second-order valence-electron chi connectivity index (χ2n) is 7.18. The molecule has 2 atom stereocenters. The van der Waals surface area contributed by atoms with E-state index in [0.29, 0.717) is 17.4 Å². The van der Waals surface area contributed by atoms with Crippen molar-refractivity contribution in [1.82, 2.24) is 5.32 Å². The number of rotatable bonds is 4. The maximum atomic E-state index is 5.45. The summed E-state index contributed by atoms with van der Waals surface area (Å²) in [6.45, 7) is 15.7. The molecule has 0 amide bonds. The Morgan fingerprint density at radius 2 is 1.88 bits per heavy atom. The molecule has 0 spiro atoms. The van der Waals surface area contributed by atoms with Crippen molar-refractivity contribution in [2.24, 2.45) is 11.3 Å². The van der Waals surface area contributed by atoms with Crippen LogP contribution in [-0.2, 0) is 4.74 Å². The van der Waals surface area contributed by atoms with Gasteiger partial charge in [-0.25, -0.2) is 0 Å². The van der Waals surface area contributed by atoms with Gasteiger partial charge in [0, 0.05) is 18.2 Å². The van der Waals surface area contributed by atoms with Gasteiger partial charge < -0.3 is 10.1 Å². The van der Waals surface area contributed by atoms with Crippen LogP contribution in [-0.4, -0.2) is 24.8 Å². The Hall–Kier alpha value is -0.0800. The Bertz CT molecular complexity index is 211. The summed E-state index contributed by atoms with van der Waals surface area (Å²) >= 11 is 0. The van der Waals surface area contributed by atoms with Crippen LogP contribution in [0.1, 0.15) is 54.4 Å². The Balaban J connectivity index is 2.44. The van der Waals surface area contributed by atoms with Gasteiger partial charge >= 0.3 is 0 Å². The molecule has 0 aromatic carbocycles. The van der Waals surface area contributed by atoms with Crippen LogP contribution in [0.4, 0.5) is 0 Å². The van der Waals surface area contributed by atoms with Gasteiger partial charge in [0.05, 0.1) is 6.61 Å². The van der Waals surface area contributed by atoms with Gasteiger partial charge in [-0.15, -0.1) is 0 Å². The van der Waals surface area contributed by atoms with E-state index in [9.17, 15) is 0 Å². The van der Waals surface area contributed by atoms with E-state index in [0.717, 1.165) is 13.2 Å². The minimum Gasteiger partial charge on any atom is -0.381 e. The molecule has 1 rings (SSSR count). The van der Waals surface area contributed by atoms with Gasteiger partial charge in [-0.1, -0.05) is 20.8 Å². The predicted molar refractivity (Wildman–Crippen MR) is 69.7 cm³/mol. The van der Waals surface area contributed by atoms with Crippen molar-refractivity contribution >= 4 is 0 Å². The highest BCUT2D eigenvalue weighted by Gasteiger charge is 2.30. The molecule has 0 bridgehead atoms. The lowest BCUT2D eigenvalue weighted by atomic mass is 9.81. The third-order valence-electron chi connectivity index (χ3n) is 3.26. The van der Waals surface area contributed by atoms with Crippen LogP contribution in [0, 0.1) is 11.3 Å². The monoisotopic (exact) mass is 227 g/mol. The largest absolute Gasteiger partial charge is 0.381 e. The third-order valence-corrected chi connectivity index (χ3v) is 3.26. The topological polar surface area (TPSA) is 21.3 Å². The van der Waals surface area contributed by atoms with Crippen molar-refractivity contribution in [3.05, 3.63) is 0 Å². The molecule has 0 saturated carbocycles. The van der Waals surface area contributed by atoms with Gasteiger partial charge in [0.2, 0.25) is 0 Å². The highest BCUT2D eigenvalue weighted by atomic mass is 16.5. The van der Waals surface area contributed by atoms with Crippen molar-refractivity contribution in [2.75, 3.05) is 13.2 Å². The lowest BCUT2D eigenvalue weighted by molar-refractivity contribution is 0.163. The summed E-state index contributed by atoms with van der Waals surface area (Å²) in [5.74, 6) is 0.694. The number of ether oxygens (including phenoxy) is 1. The summed E-state index contributed by atoms with van der Waals surface area (Å²) in [4.78, 5) is 0. The average molecular weight is 227 g/mol. The van der Waals surface area contributed by atoms with Gasteiger partial charge in [-0.2, -0.15) is 0 Å². The Kier molecular flexibility index (Phi) is 4.42. The zero-order chi connectivity index (χ0) is 12.4. The summed E-state index contributed by atoms with van der Waals surface area (Å²) in [5, 5.41) is 3.77. The standard InChI is InChI=1S/C14H29NO/c1-11(12-7-8-16-9-12)15-14(5,6)10-13(2,3)4/h11-12,15H,7-10H2,1-6H3. The first kappa shape index (κ1) is 14.0.